The van der Waals surface area contributed by atoms with Gasteiger partial charge in [0.1, 0.15) is 13.2 Å². The molecule has 0 aromatic heterocycles. The minimum absolute atomic E-state index is 0.136. The molecular formula is C51H85NO8. The van der Waals surface area contributed by atoms with Crippen LogP contribution in [0.25, 0.3) is 0 Å². The second kappa shape index (κ2) is 42.2. The van der Waals surface area contributed by atoms with E-state index in [0.717, 1.165) is 109 Å². The van der Waals surface area contributed by atoms with Crippen LogP contribution in [0.3, 0.4) is 0 Å². The maximum absolute atomic E-state index is 12.8. The van der Waals surface area contributed by atoms with Gasteiger partial charge < -0.3 is 33.3 Å². The lowest BCUT2D eigenvalue weighted by molar-refractivity contribution is -0.870. The zero-order valence-corrected chi connectivity index (χ0v) is 38.5. The van der Waals surface area contributed by atoms with E-state index in [1.165, 1.54) is 12.8 Å². The van der Waals surface area contributed by atoms with Crippen molar-refractivity contribution in [1.82, 2.24) is 0 Å². The molecule has 60 heavy (non-hydrogen) atoms. The van der Waals surface area contributed by atoms with E-state index in [9.17, 15) is 19.5 Å². The van der Waals surface area contributed by atoms with Crippen molar-refractivity contribution in [3.8, 4) is 0 Å². The average Bonchev–Trinajstić information content (AvgIpc) is 3.21. The van der Waals surface area contributed by atoms with Crippen LogP contribution in [-0.2, 0) is 33.3 Å². The van der Waals surface area contributed by atoms with Gasteiger partial charge >= 0.3 is 11.9 Å². The number of carbonyl (C=O) groups is 3. The highest BCUT2D eigenvalue weighted by atomic mass is 16.7. The number of unbranched alkanes of at least 4 members (excludes halogenated alkanes) is 12. The van der Waals surface area contributed by atoms with Crippen molar-refractivity contribution in [2.24, 2.45) is 0 Å². The maximum atomic E-state index is 12.8. The average molecular weight is 840 g/mol. The molecule has 0 aliphatic carbocycles. The minimum Gasteiger partial charge on any atom is -0.545 e. The number of carbonyl (C=O) groups excluding carboxylic acids is 3. The fourth-order valence-corrected chi connectivity index (χ4v) is 5.75. The van der Waals surface area contributed by atoms with Gasteiger partial charge in [-0.15, -0.1) is 0 Å². The lowest BCUT2D eigenvalue weighted by Gasteiger charge is -2.26. The van der Waals surface area contributed by atoms with Crippen molar-refractivity contribution in [2.75, 3.05) is 47.5 Å². The van der Waals surface area contributed by atoms with Gasteiger partial charge in [0.15, 0.2) is 12.4 Å². The van der Waals surface area contributed by atoms with Gasteiger partial charge in [-0.05, 0) is 83.5 Å². The number of rotatable bonds is 41. The minimum atomic E-state index is -1.63. The highest BCUT2D eigenvalue weighted by molar-refractivity contribution is 5.70. The number of carboxylic acids is 1. The van der Waals surface area contributed by atoms with Crippen LogP contribution in [0.1, 0.15) is 162 Å². The van der Waals surface area contributed by atoms with Crippen molar-refractivity contribution in [2.45, 2.75) is 174 Å². The fraction of sp³-hybridized carbons (Fsp3) is 0.667. The molecule has 2 unspecified atom stereocenters. The second-order valence-electron chi connectivity index (χ2n) is 16.3. The molecule has 0 bridgehead atoms. The Labute approximate surface area is 366 Å². The number of esters is 2. The summed E-state index contributed by atoms with van der Waals surface area (Å²) in [5, 5.41) is 11.7. The van der Waals surface area contributed by atoms with E-state index in [0.29, 0.717) is 23.9 Å². The highest BCUT2D eigenvalue weighted by Crippen LogP contribution is 2.12. The second-order valence-corrected chi connectivity index (χ2v) is 16.3. The molecule has 0 N–H and O–H groups in total. The van der Waals surface area contributed by atoms with Crippen LogP contribution in [0.4, 0.5) is 0 Å². The maximum Gasteiger partial charge on any atom is 0.306 e. The van der Waals surface area contributed by atoms with Gasteiger partial charge in [-0.3, -0.25) is 9.59 Å². The van der Waals surface area contributed by atoms with Crippen LogP contribution in [0.5, 0.6) is 0 Å². The SMILES string of the molecule is CC/C=C\C/C=C\C/C=C\C/C=C\C/C=C\CCCCCCCC(=O)OC(COC(=O)CCCCCCC/C=C\C/C=C\CCCC)COC(OCC[N+](C)(C)C)C(=O)[O-]. The first-order valence-electron chi connectivity index (χ1n) is 23.2. The molecular weight excluding hydrogens is 755 g/mol. The summed E-state index contributed by atoms with van der Waals surface area (Å²) in [6.45, 7) is 4.52. The summed E-state index contributed by atoms with van der Waals surface area (Å²) in [7, 11) is 5.89. The first-order valence-corrected chi connectivity index (χ1v) is 23.2. The fourth-order valence-electron chi connectivity index (χ4n) is 5.75. The number of ether oxygens (including phenoxy) is 4. The van der Waals surface area contributed by atoms with Gasteiger partial charge in [-0.1, -0.05) is 150 Å². The molecule has 0 saturated carbocycles. The van der Waals surface area contributed by atoms with Gasteiger partial charge in [0.25, 0.3) is 0 Å². The summed E-state index contributed by atoms with van der Waals surface area (Å²) < 4.78 is 22.5. The first-order chi connectivity index (χ1) is 29.1. The predicted molar refractivity (Wildman–Crippen MR) is 246 cm³/mol. The molecule has 0 heterocycles. The molecule has 0 amide bonds. The van der Waals surface area contributed by atoms with Crippen molar-refractivity contribution >= 4 is 17.9 Å². The molecule has 0 saturated heterocycles. The van der Waals surface area contributed by atoms with Crippen molar-refractivity contribution < 1.29 is 42.9 Å². The summed E-state index contributed by atoms with van der Waals surface area (Å²) in [5.74, 6) is -2.34. The predicted octanol–water partition coefficient (Wildman–Crippen LogP) is 11.2. The monoisotopic (exact) mass is 840 g/mol. The third-order valence-electron chi connectivity index (χ3n) is 9.38. The molecule has 0 aromatic carbocycles. The molecule has 0 fully saturated rings. The molecule has 342 valence electrons. The third kappa shape index (κ3) is 42.6. The van der Waals surface area contributed by atoms with Crippen LogP contribution >= 0.6 is 0 Å². The van der Waals surface area contributed by atoms with E-state index in [2.05, 4.69) is 98.9 Å². The van der Waals surface area contributed by atoms with Gasteiger partial charge in [-0.25, -0.2) is 0 Å². The van der Waals surface area contributed by atoms with Crippen LogP contribution in [0, 0.1) is 0 Å². The first kappa shape index (κ1) is 56.5. The summed E-state index contributed by atoms with van der Waals surface area (Å²) in [5.41, 5.74) is 0. The van der Waals surface area contributed by atoms with Crippen LogP contribution in [-0.4, -0.2) is 82.3 Å². The van der Waals surface area contributed by atoms with E-state index in [1.807, 2.05) is 21.1 Å². The van der Waals surface area contributed by atoms with Crippen LogP contribution in [0.15, 0.2) is 85.1 Å². The quantitative estimate of drug-likeness (QED) is 0.0197. The smallest absolute Gasteiger partial charge is 0.306 e. The Morgan fingerprint density at radius 1 is 0.517 bits per heavy atom. The molecule has 0 aliphatic heterocycles. The van der Waals surface area contributed by atoms with Crippen molar-refractivity contribution in [3.63, 3.8) is 0 Å². The molecule has 0 rings (SSSR count). The highest BCUT2D eigenvalue weighted by Gasteiger charge is 2.21. The summed E-state index contributed by atoms with van der Waals surface area (Å²) in [4.78, 5) is 37.0. The van der Waals surface area contributed by atoms with Gasteiger partial charge in [-0.2, -0.15) is 0 Å². The van der Waals surface area contributed by atoms with Crippen molar-refractivity contribution in [1.29, 1.82) is 0 Å². The Kier molecular flexibility index (Phi) is 39.7. The molecule has 0 aliphatic rings. The number of aliphatic carboxylic acids is 1. The van der Waals surface area contributed by atoms with E-state index in [1.54, 1.807) is 0 Å². The lowest BCUT2D eigenvalue weighted by Crippen LogP contribution is -2.44. The number of allylic oxidation sites excluding steroid dienone is 14. The number of nitrogens with zero attached hydrogens (tertiary/aromatic N) is 1. The Morgan fingerprint density at radius 2 is 0.950 bits per heavy atom. The number of hydrogen-bond acceptors (Lipinski definition) is 8. The molecule has 9 heteroatoms. The van der Waals surface area contributed by atoms with E-state index >= 15 is 0 Å². The van der Waals surface area contributed by atoms with Crippen molar-refractivity contribution in [3.05, 3.63) is 85.1 Å². The summed E-state index contributed by atoms with van der Waals surface area (Å²) in [6, 6.07) is 0. The Hall–Kier alpha value is -3.53. The van der Waals surface area contributed by atoms with E-state index in [-0.39, 0.29) is 38.6 Å². The molecule has 9 nitrogen and oxygen atoms in total. The Morgan fingerprint density at radius 3 is 1.42 bits per heavy atom. The van der Waals surface area contributed by atoms with Gasteiger partial charge in [0, 0.05) is 12.8 Å². The van der Waals surface area contributed by atoms with Crippen LogP contribution < -0.4 is 5.11 Å². The zero-order valence-electron chi connectivity index (χ0n) is 38.5. The molecule has 2 atom stereocenters. The largest absolute Gasteiger partial charge is 0.545 e. The summed E-state index contributed by atoms with van der Waals surface area (Å²) >= 11 is 0. The Balaban J connectivity index is 4.49. The Bertz CT molecular complexity index is 1260. The number of likely N-dealkylation sites (N-methyl/N-ethyl adjacent to an activating group) is 1. The lowest BCUT2D eigenvalue weighted by atomic mass is 10.1. The normalized spacial score (nSPS) is 13.7. The topological polar surface area (TPSA) is 111 Å². The molecule has 0 aromatic rings. The number of hydrogen-bond donors (Lipinski definition) is 0. The van der Waals surface area contributed by atoms with E-state index in [4.69, 9.17) is 18.9 Å². The summed E-state index contributed by atoms with van der Waals surface area (Å²) in [6.07, 6.45) is 50.4. The number of carboxylic acid groups (broad SMARTS) is 1. The van der Waals surface area contributed by atoms with Crippen LogP contribution in [0.2, 0.25) is 0 Å². The standard InChI is InChI=1S/C51H85NO8/c1-6-8-10-12-14-16-18-20-22-23-24-25-26-27-28-30-32-34-36-38-40-42-49(54)60-47(46-59-51(50(55)56)57-44-43-52(3,4)5)45-58-48(53)41-39-37-35-33-31-29-21-19-17-15-13-11-9-7-2/h8,10,13-16,19-22,24-25,27-28,47,51H,6-7,9,11-12,17-18,23,26,29-46H2,1-5H3/b10-8-,15-13-,16-14-,21-19-,22-20-,25-24-,28-27-. The zero-order chi connectivity index (χ0) is 44.2. The molecule has 0 spiro atoms. The number of quaternary nitrogens is 1. The third-order valence-corrected chi connectivity index (χ3v) is 9.38. The van der Waals surface area contributed by atoms with E-state index < -0.39 is 24.3 Å². The van der Waals surface area contributed by atoms with Gasteiger partial charge in [0.2, 0.25) is 0 Å². The van der Waals surface area contributed by atoms with Gasteiger partial charge in [0.05, 0.1) is 40.3 Å². The molecule has 0 radical (unpaired) electrons.